The van der Waals surface area contributed by atoms with Gasteiger partial charge in [0, 0.05) is 67.9 Å². The van der Waals surface area contributed by atoms with E-state index in [2.05, 4.69) is 25.3 Å². The molecule has 0 radical (unpaired) electrons. The number of hydrogen-bond acceptors (Lipinski definition) is 12. The molecule has 0 fully saturated rings. The van der Waals surface area contributed by atoms with Crippen molar-refractivity contribution in [3.63, 3.8) is 0 Å². The van der Waals surface area contributed by atoms with Crippen molar-refractivity contribution in [2.24, 2.45) is 0 Å². The lowest BCUT2D eigenvalue weighted by Gasteiger charge is -2.27. The Morgan fingerprint density at radius 1 is 0.438 bits per heavy atom. The second-order valence-corrected chi connectivity index (χ2v) is 19.6. The molecule has 0 atom stereocenters. The number of carbonyl (C=O) groups is 3. The van der Waals surface area contributed by atoms with E-state index < -0.39 is 0 Å². The molecular weight excluding hydrogens is 1010 g/mol. The summed E-state index contributed by atoms with van der Waals surface area (Å²) in [6, 6.07) is 51.2. The Morgan fingerprint density at radius 3 is 1.23 bits per heavy atom. The standard InChI is InChI=1S/C22H23N3O2.C21H21N3O2.C19H19N5O3/c1-17-8-10-19(11-9-17)22(26)24-12-5-13-25-20(15-24)14-21(23-25)27-16-18-6-3-2-4-7-18;1-16-7-9-18(10-8-16)21(25)23-11-12-24-19(14-23)13-20(22-24)26-15-17-5-3-2-4-6-17;1-26-18-17(20-7-8-21-18)19(25)23-9-10-24-15(12-23)11-16(22-24)27-13-14-5-3-2-4-6-14/h2-4,6-11,14H,5,12-13,15-16H2,1H3;2-10,13H,11-12,14-15H2,1H3;2-8,11H,9-10,12-13H2,1H3. The highest BCUT2D eigenvalue weighted by Gasteiger charge is 2.28. The first-order valence-corrected chi connectivity index (χ1v) is 26.7. The molecule has 0 aliphatic carbocycles. The Hall–Kier alpha value is -9.58. The highest BCUT2D eigenvalue weighted by atomic mass is 16.5. The summed E-state index contributed by atoms with van der Waals surface area (Å²) in [5, 5.41) is 13.5. The van der Waals surface area contributed by atoms with Crippen molar-refractivity contribution >= 4 is 17.7 Å². The normalized spacial score (nSPS) is 13.4. The zero-order valence-electron chi connectivity index (χ0n) is 45.1. The molecule has 0 unspecified atom stereocenters. The molecule has 3 aliphatic rings. The quantitative estimate of drug-likeness (QED) is 0.107. The van der Waals surface area contributed by atoms with Gasteiger partial charge in [-0.05, 0) is 61.2 Å². The number of amides is 3. The molecule has 18 nitrogen and oxygen atoms in total. The average Bonchev–Trinajstić information content (AvgIpc) is 4.24. The third-order valence-corrected chi connectivity index (χ3v) is 13.8. The zero-order chi connectivity index (χ0) is 55.2. The van der Waals surface area contributed by atoms with Crippen LogP contribution >= 0.6 is 0 Å². The van der Waals surface area contributed by atoms with Crippen LogP contribution in [0.1, 0.15) is 82.5 Å². The molecule has 3 amide bonds. The highest BCUT2D eigenvalue weighted by molar-refractivity contribution is 5.95. The Balaban J connectivity index is 0.000000135. The summed E-state index contributed by atoms with van der Waals surface area (Å²) >= 11 is 0. The number of aromatic nitrogens is 8. The molecule has 0 bridgehead atoms. The van der Waals surface area contributed by atoms with Gasteiger partial charge in [0.25, 0.3) is 17.7 Å². The number of fused-ring (bicyclic) bond motifs is 3. The second kappa shape index (κ2) is 25.7. The van der Waals surface area contributed by atoms with Gasteiger partial charge in [-0.3, -0.25) is 28.4 Å². The minimum Gasteiger partial charge on any atom is -0.479 e. The lowest BCUT2D eigenvalue weighted by Crippen LogP contribution is -2.39. The van der Waals surface area contributed by atoms with Gasteiger partial charge in [0.2, 0.25) is 23.5 Å². The van der Waals surface area contributed by atoms with E-state index in [0.29, 0.717) is 83.3 Å². The smallest absolute Gasteiger partial charge is 0.278 e. The van der Waals surface area contributed by atoms with Crippen molar-refractivity contribution in [1.29, 1.82) is 0 Å². The Kier molecular flexibility index (Phi) is 17.3. The molecule has 0 N–H and O–H groups in total. The van der Waals surface area contributed by atoms with Crippen molar-refractivity contribution < 1.29 is 33.3 Å². The molecule has 0 spiro atoms. The van der Waals surface area contributed by atoms with E-state index in [9.17, 15) is 14.4 Å². The van der Waals surface area contributed by atoms with E-state index in [-0.39, 0.29) is 29.3 Å². The van der Waals surface area contributed by atoms with Crippen molar-refractivity contribution in [3.8, 4) is 23.5 Å². The van der Waals surface area contributed by atoms with Crippen molar-refractivity contribution in [2.75, 3.05) is 26.7 Å². The van der Waals surface area contributed by atoms with Gasteiger partial charge in [-0.15, -0.1) is 15.3 Å². The number of hydrogen-bond donors (Lipinski definition) is 0. The number of carbonyl (C=O) groups excluding carboxylic acids is 3. The number of aryl methyl sites for hydroxylation is 3. The third-order valence-electron chi connectivity index (χ3n) is 13.8. The lowest BCUT2D eigenvalue weighted by molar-refractivity contribution is 0.0691. The van der Waals surface area contributed by atoms with Crippen LogP contribution in [0, 0.1) is 13.8 Å². The van der Waals surface area contributed by atoms with Crippen LogP contribution in [0.15, 0.2) is 170 Å². The van der Waals surface area contributed by atoms with Crippen molar-refractivity contribution in [2.45, 2.75) is 79.4 Å². The molecule has 408 valence electrons. The van der Waals surface area contributed by atoms with Crippen LogP contribution in [0.3, 0.4) is 0 Å². The summed E-state index contributed by atoms with van der Waals surface area (Å²) in [5.41, 5.74) is 10.2. The Bertz CT molecular complexity index is 3490. The van der Waals surface area contributed by atoms with E-state index >= 15 is 0 Å². The molecule has 3 aliphatic heterocycles. The van der Waals surface area contributed by atoms with E-state index in [0.717, 1.165) is 75.5 Å². The molecule has 4 aromatic heterocycles. The fraction of sp³-hybridized carbons (Fsp3) is 0.258. The van der Waals surface area contributed by atoms with E-state index in [1.54, 1.807) is 4.90 Å². The van der Waals surface area contributed by atoms with Crippen LogP contribution in [0.5, 0.6) is 23.5 Å². The molecule has 0 saturated carbocycles. The molecule has 5 aromatic carbocycles. The van der Waals surface area contributed by atoms with Crippen LogP contribution in [-0.2, 0) is 59.1 Å². The predicted molar refractivity (Wildman–Crippen MR) is 299 cm³/mol. The molecule has 18 heteroatoms. The first-order valence-electron chi connectivity index (χ1n) is 26.7. The molecule has 7 heterocycles. The molecule has 12 rings (SSSR count). The fourth-order valence-electron chi connectivity index (χ4n) is 9.37. The number of methoxy groups -OCH3 is 1. The van der Waals surface area contributed by atoms with Gasteiger partial charge in [-0.25, -0.2) is 9.97 Å². The van der Waals surface area contributed by atoms with Crippen molar-refractivity contribution in [3.05, 3.63) is 232 Å². The fourth-order valence-corrected chi connectivity index (χ4v) is 9.37. The monoisotopic (exact) mass is 1070 g/mol. The summed E-state index contributed by atoms with van der Waals surface area (Å²) in [6.07, 6.45) is 3.86. The van der Waals surface area contributed by atoms with Gasteiger partial charge in [-0.2, -0.15) is 0 Å². The van der Waals surface area contributed by atoms with E-state index in [1.807, 2.05) is 195 Å². The van der Waals surface area contributed by atoms with Gasteiger partial charge >= 0.3 is 0 Å². The summed E-state index contributed by atoms with van der Waals surface area (Å²) in [5.74, 6) is 1.92. The van der Waals surface area contributed by atoms with Crippen LogP contribution in [0.25, 0.3) is 0 Å². The maximum Gasteiger partial charge on any atom is 0.278 e. The highest BCUT2D eigenvalue weighted by Crippen LogP contribution is 2.25. The number of benzene rings is 5. The number of nitrogens with zero attached hydrogens (tertiary/aromatic N) is 11. The summed E-state index contributed by atoms with van der Waals surface area (Å²) in [6.45, 7) is 11.0. The van der Waals surface area contributed by atoms with Crippen LogP contribution in [0.2, 0.25) is 0 Å². The zero-order valence-corrected chi connectivity index (χ0v) is 45.1. The summed E-state index contributed by atoms with van der Waals surface area (Å²) < 4.78 is 28.3. The maximum atomic E-state index is 12.9. The lowest BCUT2D eigenvalue weighted by atomic mass is 10.1. The maximum absolute atomic E-state index is 12.9. The second-order valence-electron chi connectivity index (χ2n) is 19.6. The minimum absolute atomic E-state index is 0.0594. The number of rotatable bonds is 13. The van der Waals surface area contributed by atoms with E-state index in [1.165, 1.54) is 19.5 Å². The van der Waals surface area contributed by atoms with Gasteiger partial charge in [0.1, 0.15) is 19.8 Å². The Labute approximate surface area is 464 Å². The molecule has 9 aromatic rings. The van der Waals surface area contributed by atoms with Crippen LogP contribution < -0.4 is 18.9 Å². The summed E-state index contributed by atoms with van der Waals surface area (Å²) in [4.78, 5) is 52.0. The van der Waals surface area contributed by atoms with E-state index in [4.69, 9.17) is 18.9 Å². The predicted octanol–water partition coefficient (Wildman–Crippen LogP) is 9.16. The SMILES string of the molecule is COc1nccnc1C(=O)N1CCn2nc(OCc3ccccc3)cc2C1.Cc1ccc(C(=O)N2CCCn3nc(OCc4ccccc4)cc3C2)cc1.Cc1ccc(C(=O)N2CCn3nc(OCc4ccccc4)cc3C2)cc1. The largest absolute Gasteiger partial charge is 0.479 e. The van der Waals surface area contributed by atoms with Gasteiger partial charge in [0.05, 0.1) is 56.9 Å². The first kappa shape index (κ1) is 53.8. The van der Waals surface area contributed by atoms with Gasteiger partial charge in [-0.1, -0.05) is 126 Å². The average molecular weight is 1070 g/mol. The molecule has 0 saturated heterocycles. The first-order chi connectivity index (χ1) is 39.1. The van der Waals surface area contributed by atoms with Crippen LogP contribution in [-0.4, -0.2) is 98.5 Å². The summed E-state index contributed by atoms with van der Waals surface area (Å²) in [7, 11) is 1.47. The topological polar surface area (TPSA) is 177 Å². The van der Waals surface area contributed by atoms with Crippen LogP contribution in [0.4, 0.5) is 0 Å². The molecule has 80 heavy (non-hydrogen) atoms. The minimum atomic E-state index is -0.209. The van der Waals surface area contributed by atoms with Gasteiger partial charge < -0.3 is 33.6 Å². The number of ether oxygens (including phenoxy) is 4. The third kappa shape index (κ3) is 13.7. The molecular formula is C62H63N11O7. The van der Waals surface area contributed by atoms with Gasteiger partial charge in [0.15, 0.2) is 5.69 Å². The Morgan fingerprint density at radius 2 is 0.812 bits per heavy atom. The van der Waals surface area contributed by atoms with Crippen molar-refractivity contribution in [1.82, 2.24) is 54.0 Å².